The van der Waals surface area contributed by atoms with Crippen LogP contribution in [0.1, 0.15) is 94.9 Å². The number of ether oxygens (including phenoxy) is 7. The van der Waals surface area contributed by atoms with Crippen LogP contribution in [0.25, 0.3) is 0 Å². The van der Waals surface area contributed by atoms with Crippen molar-refractivity contribution in [1.29, 1.82) is 0 Å². The molecule has 348 valence electrons. The number of rotatable bonds is 11. The molecule has 0 saturated carbocycles. The molecule has 3 rings (SSSR count). The molecule has 0 bridgehead atoms. The van der Waals surface area contributed by atoms with Crippen LogP contribution < -0.4 is 5.73 Å². The largest absolute Gasteiger partial charge is 0.490 e. The highest BCUT2D eigenvalue weighted by molar-refractivity contribution is 5.87. The third-order valence-corrected chi connectivity index (χ3v) is 12.8. The molecule has 0 spiro atoms. The average Bonchev–Trinajstić information content (AvgIpc) is 3.19. The van der Waals surface area contributed by atoms with Crippen molar-refractivity contribution in [3.63, 3.8) is 0 Å². The van der Waals surface area contributed by atoms with Gasteiger partial charge in [-0.25, -0.2) is 9.59 Å². The number of amides is 1. The summed E-state index contributed by atoms with van der Waals surface area (Å²) in [7, 11) is 2.81. The van der Waals surface area contributed by atoms with Gasteiger partial charge in [0.1, 0.15) is 12.2 Å². The number of carbonyl (C=O) groups is 2. The molecule has 1 amide bonds. The van der Waals surface area contributed by atoms with Gasteiger partial charge in [0, 0.05) is 49.5 Å². The van der Waals surface area contributed by atoms with Crippen LogP contribution in [0.2, 0.25) is 0 Å². The van der Waals surface area contributed by atoms with E-state index in [4.69, 9.17) is 38.9 Å². The lowest BCUT2D eigenvalue weighted by Gasteiger charge is -2.49. The van der Waals surface area contributed by atoms with Crippen LogP contribution in [-0.4, -0.2) is 125 Å². The van der Waals surface area contributed by atoms with Crippen molar-refractivity contribution in [1.82, 2.24) is 0 Å². The topological polar surface area (TPSA) is 226 Å². The number of cyclic esters (lactones) is 1. The SMILES string of the molecule is CC=C[C@H]1O[C@@](O)([C@@H](C)[C@H](O)[C@H](C)[C@H]2OC(=O)C(OC)=CC(C)=C[C@@H](C)[C@@H](O)[C@@H](CC)[C@@H](O)[C@H](C)CC(C)=CC=C[C@@H]2OC)C[C@H](OC2CC(O)C(OC(N)=O)C(C)O2)[C@@H]1C. The molecular formula is C46H75NO14. The summed E-state index contributed by atoms with van der Waals surface area (Å²) in [5.74, 6) is -6.00. The zero-order valence-corrected chi connectivity index (χ0v) is 38.2. The van der Waals surface area contributed by atoms with Gasteiger partial charge in [-0.1, -0.05) is 89.1 Å². The van der Waals surface area contributed by atoms with Crippen molar-refractivity contribution in [2.45, 2.75) is 168 Å². The molecule has 15 nitrogen and oxygen atoms in total. The van der Waals surface area contributed by atoms with E-state index in [9.17, 15) is 35.1 Å². The van der Waals surface area contributed by atoms with E-state index in [-0.39, 0.29) is 42.3 Å². The summed E-state index contributed by atoms with van der Waals surface area (Å²) < 4.78 is 41.4. The van der Waals surface area contributed by atoms with Gasteiger partial charge in [0.15, 0.2) is 18.2 Å². The van der Waals surface area contributed by atoms with Crippen molar-refractivity contribution in [3.05, 3.63) is 59.4 Å². The van der Waals surface area contributed by atoms with E-state index in [2.05, 4.69) is 0 Å². The molecular weight excluding hydrogens is 790 g/mol. The fraction of sp³-hybridized carbons (Fsp3) is 0.739. The standard InChI is InChI=1S/C46H75NO14/c1-13-16-34-28(7)37(58-38-22-33(48)43(31(10)57-38)60-45(47)53)23-46(54,61-34)30(9)41(51)29(8)42-35(55-11)18-15-17-24(3)19-26(5)39(49)32(14-2)40(50)27(6)20-25(4)21-36(56-12)44(52)59-42/h13,15-18,20-21,26-35,37-43,48-51,54H,14,19,22-23H2,1-12H3,(H2,47,53)/t26-,27-,28-,29+,30+,31?,32+,33?,34-,35+,37+,38?,39+,40-,41-,42-,43?,46-/m1/s1. The van der Waals surface area contributed by atoms with E-state index >= 15 is 0 Å². The molecule has 0 aliphatic carbocycles. The second kappa shape index (κ2) is 23.5. The molecule has 2 fully saturated rings. The predicted molar refractivity (Wildman–Crippen MR) is 228 cm³/mol. The van der Waals surface area contributed by atoms with Gasteiger partial charge in [-0.2, -0.15) is 0 Å². The van der Waals surface area contributed by atoms with Gasteiger partial charge in [0.2, 0.25) is 5.76 Å². The molecule has 0 radical (unpaired) electrons. The van der Waals surface area contributed by atoms with Crippen LogP contribution in [-0.2, 0) is 38.0 Å². The number of hydrogen-bond donors (Lipinski definition) is 6. The normalized spacial score (nSPS) is 39.1. The van der Waals surface area contributed by atoms with E-state index in [0.717, 1.165) is 5.57 Å². The van der Waals surface area contributed by atoms with Gasteiger partial charge in [-0.15, -0.1) is 0 Å². The summed E-state index contributed by atoms with van der Waals surface area (Å²) in [6.07, 6.45) is 2.20. The van der Waals surface area contributed by atoms with Crippen LogP contribution in [0.4, 0.5) is 4.79 Å². The summed E-state index contributed by atoms with van der Waals surface area (Å²) in [5.41, 5.74) is 6.78. The maximum Gasteiger partial charge on any atom is 0.404 e. The minimum Gasteiger partial charge on any atom is -0.490 e. The number of primary amides is 1. The maximum atomic E-state index is 13.9. The number of esters is 1. The third kappa shape index (κ3) is 13.7. The van der Waals surface area contributed by atoms with Crippen LogP contribution in [0.3, 0.4) is 0 Å². The average molecular weight is 866 g/mol. The molecule has 3 aliphatic heterocycles. The van der Waals surface area contributed by atoms with Crippen LogP contribution in [0.5, 0.6) is 0 Å². The number of methoxy groups -OCH3 is 2. The Balaban J connectivity index is 2.00. The number of aliphatic hydroxyl groups excluding tert-OH is 4. The zero-order valence-electron chi connectivity index (χ0n) is 38.2. The fourth-order valence-electron chi connectivity index (χ4n) is 8.94. The smallest absolute Gasteiger partial charge is 0.404 e. The zero-order chi connectivity index (χ0) is 45.9. The molecule has 18 atom stereocenters. The van der Waals surface area contributed by atoms with Crippen LogP contribution >= 0.6 is 0 Å². The molecule has 61 heavy (non-hydrogen) atoms. The Morgan fingerprint density at radius 2 is 1.77 bits per heavy atom. The maximum absolute atomic E-state index is 13.9. The number of aliphatic hydroxyl groups is 5. The lowest BCUT2D eigenvalue weighted by molar-refractivity contribution is -0.338. The molecule has 7 N–H and O–H groups in total. The van der Waals surface area contributed by atoms with E-state index in [0.29, 0.717) is 18.4 Å². The van der Waals surface area contributed by atoms with Gasteiger partial charge in [-0.05, 0) is 52.5 Å². The van der Waals surface area contributed by atoms with Gasteiger partial charge < -0.3 is 64.4 Å². The van der Waals surface area contributed by atoms with Crippen molar-refractivity contribution in [2.75, 3.05) is 14.2 Å². The van der Waals surface area contributed by atoms with Gasteiger partial charge in [0.25, 0.3) is 0 Å². The van der Waals surface area contributed by atoms with Crippen LogP contribution in [0.15, 0.2) is 59.4 Å². The van der Waals surface area contributed by atoms with Gasteiger partial charge >= 0.3 is 12.1 Å². The van der Waals surface area contributed by atoms with Crippen molar-refractivity contribution < 1.29 is 68.3 Å². The van der Waals surface area contributed by atoms with E-state index < -0.39 is 97.0 Å². The molecule has 3 aliphatic rings. The quantitative estimate of drug-likeness (QED) is 0.119. The lowest BCUT2D eigenvalue weighted by atomic mass is 9.77. The Morgan fingerprint density at radius 1 is 1.10 bits per heavy atom. The first-order chi connectivity index (χ1) is 28.6. The molecule has 2 saturated heterocycles. The van der Waals surface area contributed by atoms with Crippen molar-refractivity contribution in [2.24, 2.45) is 41.2 Å². The minimum absolute atomic E-state index is 0.0313. The number of hydrogen-bond acceptors (Lipinski definition) is 14. The second-order valence-electron chi connectivity index (χ2n) is 17.5. The summed E-state index contributed by atoms with van der Waals surface area (Å²) in [4.78, 5) is 25.4. The first-order valence-corrected chi connectivity index (χ1v) is 21.7. The first-order valence-electron chi connectivity index (χ1n) is 21.7. The Kier molecular flexibility index (Phi) is 20.1. The fourth-order valence-corrected chi connectivity index (χ4v) is 8.94. The minimum atomic E-state index is -1.97. The molecule has 0 aromatic rings. The monoisotopic (exact) mass is 866 g/mol. The number of carbonyl (C=O) groups excluding carboxylic acids is 2. The highest BCUT2D eigenvalue weighted by Gasteiger charge is 2.52. The summed E-state index contributed by atoms with van der Waals surface area (Å²) in [6.45, 7) is 18.2. The Labute approximate surface area is 362 Å². The van der Waals surface area contributed by atoms with E-state index in [1.807, 2.05) is 53.7 Å². The van der Waals surface area contributed by atoms with Crippen LogP contribution in [0, 0.1) is 35.5 Å². The lowest BCUT2D eigenvalue weighted by Crippen LogP contribution is -2.59. The first kappa shape index (κ1) is 52.2. The highest BCUT2D eigenvalue weighted by Crippen LogP contribution is 2.42. The summed E-state index contributed by atoms with van der Waals surface area (Å²) >= 11 is 0. The Hall–Kier alpha value is -3.12. The molecule has 4 unspecified atom stereocenters. The van der Waals surface area contributed by atoms with E-state index in [1.54, 1.807) is 52.0 Å². The van der Waals surface area contributed by atoms with Crippen molar-refractivity contribution >= 4 is 12.1 Å². The Morgan fingerprint density at radius 3 is 2.34 bits per heavy atom. The second-order valence-corrected chi connectivity index (χ2v) is 17.5. The van der Waals surface area contributed by atoms with Gasteiger partial charge in [0.05, 0.1) is 49.8 Å². The summed E-state index contributed by atoms with van der Waals surface area (Å²) in [5, 5.41) is 58.0. The highest BCUT2D eigenvalue weighted by atomic mass is 16.7. The number of nitrogens with two attached hydrogens (primary N) is 1. The summed E-state index contributed by atoms with van der Waals surface area (Å²) in [6, 6.07) is 0. The van der Waals surface area contributed by atoms with Crippen molar-refractivity contribution in [3.8, 4) is 0 Å². The Bertz CT molecular complexity index is 1570. The molecule has 15 heteroatoms. The molecule has 3 heterocycles. The molecule has 0 aromatic heterocycles. The number of allylic oxidation sites excluding steroid dienone is 6. The van der Waals surface area contributed by atoms with Gasteiger partial charge in [-0.3, -0.25) is 0 Å². The van der Waals surface area contributed by atoms with E-state index in [1.165, 1.54) is 20.3 Å². The molecule has 0 aromatic carbocycles. The third-order valence-electron chi connectivity index (χ3n) is 12.8. The predicted octanol–water partition coefficient (Wildman–Crippen LogP) is 4.98.